The Bertz CT molecular complexity index is 148. The number of hydrogen-bond acceptors (Lipinski definition) is 2. The third-order valence-electron chi connectivity index (χ3n) is 2.43. The van der Waals surface area contributed by atoms with Crippen LogP contribution in [-0.4, -0.2) is 33.7 Å². The molecule has 0 saturated carbocycles. The first kappa shape index (κ1) is 9.01. The highest BCUT2D eigenvalue weighted by atomic mass is 16.3. The Labute approximate surface area is 69.2 Å². The number of aliphatic hydroxyl groups is 1. The van der Waals surface area contributed by atoms with Crippen LogP contribution in [0.15, 0.2) is 0 Å². The summed E-state index contributed by atoms with van der Waals surface area (Å²) >= 11 is 0. The summed E-state index contributed by atoms with van der Waals surface area (Å²) in [6.45, 7) is 10.6. The number of nitrogens with zero attached hydrogens (tertiary/aromatic N) is 1. The van der Waals surface area contributed by atoms with Gasteiger partial charge in [-0.15, -0.1) is 0 Å². The molecular formula is C9H19NO. The van der Waals surface area contributed by atoms with Crippen molar-refractivity contribution in [2.75, 3.05) is 0 Å². The SMILES string of the molecule is C[C@@H](O)[C@@H]1[C@H](C)N1C(C)(C)C. The Balaban J connectivity index is 2.55. The van der Waals surface area contributed by atoms with Gasteiger partial charge in [0.1, 0.15) is 0 Å². The molecule has 0 aromatic rings. The predicted octanol–water partition coefficient (Wildman–Crippen LogP) is 1.24. The quantitative estimate of drug-likeness (QED) is 0.579. The maximum atomic E-state index is 9.35. The zero-order valence-corrected chi connectivity index (χ0v) is 8.13. The summed E-state index contributed by atoms with van der Waals surface area (Å²) in [4.78, 5) is 2.34. The molecule has 0 aromatic heterocycles. The molecule has 0 bridgehead atoms. The van der Waals surface area contributed by atoms with Crippen LogP contribution >= 0.6 is 0 Å². The molecule has 0 radical (unpaired) electrons. The van der Waals surface area contributed by atoms with E-state index in [1.807, 2.05) is 6.92 Å². The van der Waals surface area contributed by atoms with E-state index in [9.17, 15) is 5.11 Å². The molecule has 2 nitrogen and oxygen atoms in total. The molecular weight excluding hydrogens is 138 g/mol. The van der Waals surface area contributed by atoms with Gasteiger partial charge in [-0.3, -0.25) is 4.90 Å². The average molecular weight is 157 g/mol. The lowest BCUT2D eigenvalue weighted by Crippen LogP contribution is -2.30. The van der Waals surface area contributed by atoms with Crippen LogP contribution in [0.25, 0.3) is 0 Å². The Hall–Kier alpha value is -0.0800. The highest BCUT2D eigenvalue weighted by Crippen LogP contribution is 2.38. The van der Waals surface area contributed by atoms with Crippen molar-refractivity contribution in [3.8, 4) is 0 Å². The molecule has 0 spiro atoms. The number of rotatable bonds is 1. The van der Waals surface area contributed by atoms with Crippen LogP contribution in [0.3, 0.4) is 0 Å². The van der Waals surface area contributed by atoms with Crippen molar-refractivity contribution >= 4 is 0 Å². The summed E-state index contributed by atoms with van der Waals surface area (Å²) < 4.78 is 0. The molecule has 0 aliphatic carbocycles. The second kappa shape index (κ2) is 2.46. The van der Waals surface area contributed by atoms with Crippen molar-refractivity contribution in [1.82, 2.24) is 4.90 Å². The standard InChI is InChI=1S/C9H19NO/c1-6-8(7(2)11)10(6)9(3,4)5/h6-8,11H,1-5H3/t6-,7+,8-,10?/m0/s1. The fourth-order valence-electron chi connectivity index (χ4n) is 2.07. The summed E-state index contributed by atoms with van der Waals surface area (Å²) in [5.41, 5.74) is 0.209. The fraction of sp³-hybridized carbons (Fsp3) is 1.00. The van der Waals surface area contributed by atoms with Crippen LogP contribution in [-0.2, 0) is 0 Å². The third-order valence-corrected chi connectivity index (χ3v) is 2.43. The van der Waals surface area contributed by atoms with Gasteiger partial charge in [-0.05, 0) is 34.6 Å². The van der Waals surface area contributed by atoms with Crippen LogP contribution in [0.1, 0.15) is 34.6 Å². The van der Waals surface area contributed by atoms with E-state index in [1.165, 1.54) is 0 Å². The van der Waals surface area contributed by atoms with Gasteiger partial charge in [0, 0.05) is 11.6 Å². The summed E-state index contributed by atoms with van der Waals surface area (Å²) in [6, 6.07) is 0.935. The molecule has 0 amide bonds. The van der Waals surface area contributed by atoms with E-state index >= 15 is 0 Å². The normalized spacial score (nSPS) is 40.4. The van der Waals surface area contributed by atoms with Gasteiger partial charge in [0.2, 0.25) is 0 Å². The highest BCUT2D eigenvalue weighted by Gasteiger charge is 2.52. The number of aliphatic hydroxyl groups excluding tert-OH is 1. The largest absolute Gasteiger partial charge is 0.392 e. The van der Waals surface area contributed by atoms with E-state index in [-0.39, 0.29) is 11.6 Å². The summed E-state index contributed by atoms with van der Waals surface area (Å²) in [7, 11) is 0. The molecule has 11 heavy (non-hydrogen) atoms. The lowest BCUT2D eigenvalue weighted by atomic mass is 10.1. The first-order valence-electron chi connectivity index (χ1n) is 4.32. The summed E-state index contributed by atoms with van der Waals surface area (Å²) in [5.74, 6) is 0. The molecule has 1 rings (SSSR count). The minimum Gasteiger partial charge on any atom is -0.392 e. The molecule has 1 aliphatic heterocycles. The first-order chi connectivity index (χ1) is 4.85. The molecule has 2 heteroatoms. The van der Waals surface area contributed by atoms with Gasteiger partial charge >= 0.3 is 0 Å². The maximum Gasteiger partial charge on any atom is 0.0682 e. The van der Waals surface area contributed by atoms with Crippen molar-refractivity contribution in [3.63, 3.8) is 0 Å². The molecule has 66 valence electrons. The minimum absolute atomic E-state index is 0.191. The lowest BCUT2D eigenvalue weighted by molar-refractivity contribution is 0.151. The number of hydrogen-bond donors (Lipinski definition) is 1. The molecule has 1 aliphatic rings. The van der Waals surface area contributed by atoms with Crippen LogP contribution in [0.2, 0.25) is 0 Å². The molecule has 1 fully saturated rings. The van der Waals surface area contributed by atoms with E-state index in [1.54, 1.807) is 0 Å². The van der Waals surface area contributed by atoms with Crippen molar-refractivity contribution in [2.24, 2.45) is 0 Å². The Kier molecular flexibility index (Phi) is 2.01. The molecule has 1 saturated heterocycles. The Morgan fingerprint density at radius 3 is 1.91 bits per heavy atom. The molecule has 4 atom stereocenters. The molecule has 1 unspecified atom stereocenters. The van der Waals surface area contributed by atoms with Crippen molar-refractivity contribution < 1.29 is 5.11 Å². The fourth-order valence-corrected chi connectivity index (χ4v) is 2.07. The van der Waals surface area contributed by atoms with Gasteiger partial charge in [0.25, 0.3) is 0 Å². The smallest absolute Gasteiger partial charge is 0.0682 e. The van der Waals surface area contributed by atoms with Gasteiger partial charge < -0.3 is 5.11 Å². The third kappa shape index (κ3) is 1.57. The average Bonchev–Trinajstić information content (AvgIpc) is 2.38. The lowest BCUT2D eigenvalue weighted by Gasteiger charge is -2.22. The second-order valence-corrected chi connectivity index (χ2v) is 4.55. The molecule has 1 N–H and O–H groups in total. The highest BCUT2D eigenvalue weighted by molar-refractivity contribution is 5.07. The maximum absolute atomic E-state index is 9.35. The van der Waals surface area contributed by atoms with Gasteiger partial charge in [-0.1, -0.05) is 0 Å². The van der Waals surface area contributed by atoms with E-state index in [2.05, 4.69) is 32.6 Å². The Morgan fingerprint density at radius 1 is 1.36 bits per heavy atom. The summed E-state index contributed by atoms with van der Waals surface area (Å²) in [5, 5.41) is 9.35. The summed E-state index contributed by atoms with van der Waals surface area (Å²) in [6.07, 6.45) is -0.191. The topological polar surface area (TPSA) is 23.2 Å². The van der Waals surface area contributed by atoms with Gasteiger partial charge in [0.15, 0.2) is 0 Å². The van der Waals surface area contributed by atoms with Gasteiger partial charge in [-0.25, -0.2) is 0 Å². The van der Waals surface area contributed by atoms with E-state index in [0.29, 0.717) is 12.1 Å². The Morgan fingerprint density at radius 2 is 1.82 bits per heavy atom. The van der Waals surface area contributed by atoms with Gasteiger partial charge in [-0.2, -0.15) is 0 Å². The monoisotopic (exact) mass is 157 g/mol. The van der Waals surface area contributed by atoms with Gasteiger partial charge in [0.05, 0.1) is 12.1 Å². The van der Waals surface area contributed by atoms with E-state index < -0.39 is 0 Å². The van der Waals surface area contributed by atoms with Crippen LogP contribution in [0.4, 0.5) is 0 Å². The zero-order valence-electron chi connectivity index (χ0n) is 8.13. The predicted molar refractivity (Wildman–Crippen MR) is 46.5 cm³/mol. The minimum atomic E-state index is -0.191. The second-order valence-electron chi connectivity index (χ2n) is 4.55. The zero-order chi connectivity index (χ0) is 8.81. The van der Waals surface area contributed by atoms with Crippen LogP contribution in [0.5, 0.6) is 0 Å². The first-order valence-corrected chi connectivity index (χ1v) is 4.32. The molecule has 0 aromatic carbocycles. The van der Waals surface area contributed by atoms with Crippen LogP contribution < -0.4 is 0 Å². The van der Waals surface area contributed by atoms with Crippen LogP contribution in [0, 0.1) is 0 Å². The molecule has 1 heterocycles. The van der Waals surface area contributed by atoms with E-state index in [4.69, 9.17) is 0 Å². The van der Waals surface area contributed by atoms with Crippen molar-refractivity contribution in [1.29, 1.82) is 0 Å². The van der Waals surface area contributed by atoms with E-state index in [0.717, 1.165) is 0 Å². The van der Waals surface area contributed by atoms with Crippen molar-refractivity contribution in [2.45, 2.75) is 58.3 Å². The van der Waals surface area contributed by atoms with Crippen molar-refractivity contribution in [3.05, 3.63) is 0 Å².